The Balaban J connectivity index is 1.49. The van der Waals surface area contributed by atoms with Gasteiger partial charge in [0, 0.05) is 29.7 Å². The molecule has 4 atom stereocenters. The normalized spacial score (nSPS) is 20.8. The van der Waals surface area contributed by atoms with E-state index in [2.05, 4.69) is 35.4 Å². The average Bonchev–Trinajstić information content (AvgIpc) is 3.44. The maximum atomic E-state index is 13.4. The Morgan fingerprint density at radius 1 is 1.33 bits per heavy atom. The number of hydrogen-bond donors (Lipinski definition) is 3. The number of thiophene rings is 1. The fourth-order valence-electron chi connectivity index (χ4n) is 4.26. The zero-order chi connectivity index (χ0) is 25.9. The molecule has 1 saturated carbocycles. The van der Waals surface area contributed by atoms with Gasteiger partial charge in [-0.05, 0) is 47.5 Å². The zero-order valence-electron chi connectivity index (χ0n) is 19.2. The molecule has 4 N–H and O–H groups in total. The largest absolute Gasteiger partial charge is 0.393 e. The van der Waals surface area contributed by atoms with Crippen molar-refractivity contribution in [2.24, 2.45) is 11.1 Å². The number of nitrogens with zero attached hydrogens (tertiary/aromatic N) is 2. The third-order valence-corrected chi connectivity index (χ3v) is 7.84. The molecule has 36 heavy (non-hydrogen) atoms. The number of ketones is 1. The van der Waals surface area contributed by atoms with Crippen LogP contribution in [0.1, 0.15) is 45.3 Å². The number of anilines is 1. The standard InChI is InChI=1S/C23H25BrN4O6S2/c1-33-22(13-3-2-4-16(24)5-13)15-7-20(35-11-15)21(30)18-9-26-12-27-23(18)28-17-6-14(19(29)8-17)10-34-36(25,31)32/h2-5,7,9,11-12,14,17,19,22,29H,6,8,10H2,1H3,(H2,25,31,32)(H,26,27,28)/t14-,17?,19+,22+/m1/s1. The molecule has 0 radical (unpaired) electrons. The highest BCUT2D eigenvalue weighted by Crippen LogP contribution is 2.33. The number of nitrogens with one attached hydrogen (secondary N) is 1. The first-order valence-corrected chi connectivity index (χ1v) is 14.1. The fraction of sp³-hybridized carbons (Fsp3) is 0.348. The van der Waals surface area contributed by atoms with Crippen LogP contribution in [0.15, 0.2) is 52.7 Å². The summed E-state index contributed by atoms with van der Waals surface area (Å²) in [6.45, 7) is -0.218. The topological polar surface area (TPSA) is 154 Å². The lowest BCUT2D eigenvalue weighted by Gasteiger charge is -2.16. The van der Waals surface area contributed by atoms with Gasteiger partial charge in [-0.3, -0.25) is 8.98 Å². The average molecular weight is 598 g/mol. The molecule has 3 aromatic rings. The number of carbonyl (C=O) groups excluding carboxylic acids is 1. The van der Waals surface area contributed by atoms with Crippen molar-refractivity contribution < 1.29 is 27.2 Å². The molecule has 1 unspecified atom stereocenters. The Morgan fingerprint density at radius 3 is 2.86 bits per heavy atom. The van der Waals surface area contributed by atoms with E-state index in [0.717, 1.165) is 15.6 Å². The molecule has 0 spiro atoms. The number of aliphatic hydroxyl groups is 1. The molecule has 2 heterocycles. The van der Waals surface area contributed by atoms with Crippen LogP contribution in [0.3, 0.4) is 0 Å². The predicted octanol–water partition coefficient (Wildman–Crippen LogP) is 3.04. The zero-order valence-corrected chi connectivity index (χ0v) is 22.4. The summed E-state index contributed by atoms with van der Waals surface area (Å²) in [5, 5.41) is 20.3. The summed E-state index contributed by atoms with van der Waals surface area (Å²) >= 11 is 4.78. The predicted molar refractivity (Wildman–Crippen MR) is 138 cm³/mol. The van der Waals surface area contributed by atoms with Crippen molar-refractivity contribution in [3.63, 3.8) is 0 Å². The second kappa shape index (κ2) is 11.4. The molecular formula is C23H25BrN4O6S2. The molecule has 1 aliphatic rings. The molecule has 0 aliphatic heterocycles. The lowest BCUT2D eigenvalue weighted by Crippen LogP contribution is -2.24. The number of benzene rings is 1. The number of halogens is 1. The summed E-state index contributed by atoms with van der Waals surface area (Å²) in [6.07, 6.45) is 2.42. The lowest BCUT2D eigenvalue weighted by atomic mass is 10.0. The van der Waals surface area contributed by atoms with Gasteiger partial charge in [0.2, 0.25) is 5.78 Å². The molecule has 0 bridgehead atoms. The van der Waals surface area contributed by atoms with Crippen LogP contribution in [0.5, 0.6) is 0 Å². The molecule has 13 heteroatoms. The van der Waals surface area contributed by atoms with Crippen LogP contribution in [0, 0.1) is 5.92 Å². The van der Waals surface area contributed by atoms with Crippen molar-refractivity contribution in [1.82, 2.24) is 9.97 Å². The minimum atomic E-state index is -4.09. The van der Waals surface area contributed by atoms with Gasteiger partial charge in [0.1, 0.15) is 18.2 Å². The molecule has 1 fully saturated rings. The number of carbonyl (C=O) groups is 1. The van der Waals surface area contributed by atoms with Crippen molar-refractivity contribution in [2.45, 2.75) is 31.1 Å². The quantitative estimate of drug-likeness (QED) is 0.299. The first-order valence-electron chi connectivity index (χ1n) is 11.0. The van der Waals surface area contributed by atoms with Crippen molar-refractivity contribution in [1.29, 1.82) is 0 Å². The van der Waals surface area contributed by atoms with Crippen LogP contribution in [-0.2, 0) is 19.2 Å². The fourth-order valence-corrected chi connectivity index (χ4v) is 5.92. The van der Waals surface area contributed by atoms with Gasteiger partial charge in [-0.15, -0.1) is 11.3 Å². The SMILES string of the molecule is CO[C@@H](c1cccc(Br)c1)c1csc(C(=O)c2cncnc2NC2C[C@H](COS(N)(=O)=O)[C@@H](O)C2)c1. The third kappa shape index (κ3) is 6.54. The first kappa shape index (κ1) is 26.8. The van der Waals surface area contributed by atoms with Gasteiger partial charge in [-0.25, -0.2) is 15.1 Å². The van der Waals surface area contributed by atoms with Crippen LogP contribution in [-0.4, -0.2) is 55.1 Å². The van der Waals surface area contributed by atoms with E-state index < -0.39 is 22.3 Å². The number of rotatable bonds is 10. The van der Waals surface area contributed by atoms with Gasteiger partial charge in [0.05, 0.1) is 23.2 Å². The Labute approximate surface area is 221 Å². The molecule has 10 nitrogen and oxygen atoms in total. The monoisotopic (exact) mass is 596 g/mol. The van der Waals surface area contributed by atoms with Gasteiger partial charge >= 0.3 is 10.3 Å². The van der Waals surface area contributed by atoms with Gasteiger partial charge in [-0.1, -0.05) is 28.1 Å². The summed E-state index contributed by atoms with van der Waals surface area (Å²) in [5.41, 5.74) is 2.10. The molecule has 2 aromatic heterocycles. The van der Waals surface area contributed by atoms with E-state index in [-0.39, 0.29) is 24.5 Å². The molecule has 192 valence electrons. The highest BCUT2D eigenvalue weighted by atomic mass is 79.9. The smallest absolute Gasteiger partial charge is 0.333 e. The Morgan fingerprint density at radius 2 is 2.14 bits per heavy atom. The van der Waals surface area contributed by atoms with Gasteiger partial charge in [0.15, 0.2) is 0 Å². The third-order valence-electron chi connectivity index (χ3n) is 5.93. The van der Waals surface area contributed by atoms with E-state index in [4.69, 9.17) is 9.88 Å². The molecule has 0 saturated heterocycles. The second-order valence-electron chi connectivity index (χ2n) is 8.45. The molecule has 1 aromatic carbocycles. The minimum absolute atomic E-state index is 0.218. The highest BCUT2D eigenvalue weighted by molar-refractivity contribution is 9.10. The summed E-state index contributed by atoms with van der Waals surface area (Å²) in [5.74, 6) is -0.331. The van der Waals surface area contributed by atoms with Crippen molar-refractivity contribution in [3.8, 4) is 0 Å². The Kier molecular flexibility index (Phi) is 8.50. The van der Waals surface area contributed by atoms with E-state index in [0.29, 0.717) is 29.1 Å². The van der Waals surface area contributed by atoms with Crippen molar-refractivity contribution in [2.75, 3.05) is 19.0 Å². The van der Waals surface area contributed by atoms with E-state index >= 15 is 0 Å². The molecule has 0 amide bonds. The lowest BCUT2D eigenvalue weighted by molar-refractivity contribution is 0.101. The number of nitrogens with two attached hydrogens (primary N) is 1. The highest BCUT2D eigenvalue weighted by Gasteiger charge is 2.35. The van der Waals surface area contributed by atoms with Crippen LogP contribution in [0.25, 0.3) is 0 Å². The molecule has 4 rings (SSSR count). The second-order valence-corrected chi connectivity index (χ2v) is 11.5. The van der Waals surface area contributed by atoms with Crippen molar-refractivity contribution in [3.05, 3.63) is 74.3 Å². The maximum absolute atomic E-state index is 13.4. The first-order chi connectivity index (χ1) is 17.1. The Bertz CT molecular complexity index is 1340. The summed E-state index contributed by atoms with van der Waals surface area (Å²) < 4.78 is 33.4. The summed E-state index contributed by atoms with van der Waals surface area (Å²) in [6, 6.07) is 9.35. The number of ether oxygens (including phenoxy) is 1. The van der Waals surface area contributed by atoms with Crippen LogP contribution < -0.4 is 10.5 Å². The Hall–Kier alpha value is -2.26. The van der Waals surface area contributed by atoms with E-state index in [1.807, 2.05) is 29.6 Å². The van der Waals surface area contributed by atoms with Crippen LogP contribution in [0.2, 0.25) is 0 Å². The van der Waals surface area contributed by atoms with E-state index in [1.54, 1.807) is 13.2 Å². The van der Waals surface area contributed by atoms with Gasteiger partial charge in [0.25, 0.3) is 0 Å². The number of aromatic nitrogens is 2. The number of aliphatic hydroxyl groups excluding tert-OH is 1. The number of methoxy groups -OCH3 is 1. The van der Waals surface area contributed by atoms with Crippen LogP contribution >= 0.6 is 27.3 Å². The summed E-state index contributed by atoms with van der Waals surface area (Å²) in [7, 11) is -2.47. The number of hydrogen-bond acceptors (Lipinski definition) is 10. The minimum Gasteiger partial charge on any atom is -0.393 e. The van der Waals surface area contributed by atoms with Gasteiger partial charge in [-0.2, -0.15) is 8.42 Å². The molecule has 1 aliphatic carbocycles. The van der Waals surface area contributed by atoms with Crippen molar-refractivity contribution >= 4 is 49.2 Å². The van der Waals surface area contributed by atoms with Crippen LogP contribution in [0.4, 0.5) is 5.82 Å². The van der Waals surface area contributed by atoms with E-state index in [1.165, 1.54) is 23.9 Å². The molecular weight excluding hydrogens is 572 g/mol. The van der Waals surface area contributed by atoms with E-state index in [9.17, 15) is 18.3 Å². The van der Waals surface area contributed by atoms with Gasteiger partial charge < -0.3 is 15.2 Å². The summed E-state index contributed by atoms with van der Waals surface area (Å²) in [4.78, 5) is 22.2. The maximum Gasteiger partial charge on any atom is 0.333 e.